The summed E-state index contributed by atoms with van der Waals surface area (Å²) in [6.07, 6.45) is 6.73. The molecule has 1 saturated carbocycles. The van der Waals surface area contributed by atoms with Crippen LogP contribution in [0, 0.1) is 17.2 Å². The molecule has 0 aromatic heterocycles. The molecule has 336 valence electrons. The fraction of sp³-hybridized carbons (Fsp3) is 0.479. The summed E-state index contributed by atoms with van der Waals surface area (Å²) >= 11 is 0. The molecular weight excluding hydrogens is 801 g/mol. The zero-order chi connectivity index (χ0) is 44.7. The quantitative estimate of drug-likeness (QED) is 0.0469. The molecule has 9 N–H and O–H groups in total. The number of carboxylic acids is 1. The van der Waals surface area contributed by atoms with Crippen molar-refractivity contribution in [1.82, 2.24) is 31.5 Å². The lowest BCUT2D eigenvalue weighted by atomic mass is 9.86. The molecule has 0 spiro atoms. The van der Waals surface area contributed by atoms with Crippen LogP contribution in [0.3, 0.4) is 0 Å². The van der Waals surface area contributed by atoms with Crippen LogP contribution in [0.4, 0.5) is 0 Å². The van der Waals surface area contributed by atoms with E-state index >= 15 is 0 Å². The first-order valence-corrected chi connectivity index (χ1v) is 22.4. The Hall–Kier alpha value is -6.25. The number of nitrogens with zero attached hydrogens (tertiary/aromatic N) is 1. The van der Waals surface area contributed by atoms with Crippen molar-refractivity contribution in [1.29, 1.82) is 5.41 Å². The summed E-state index contributed by atoms with van der Waals surface area (Å²) in [6, 6.07) is 24.9. The number of fused-ring (bicyclic) bond motifs is 1. The van der Waals surface area contributed by atoms with Crippen molar-refractivity contribution in [2.45, 2.75) is 120 Å². The van der Waals surface area contributed by atoms with Gasteiger partial charge in [0.25, 0.3) is 0 Å². The number of hydrogen-bond donors (Lipinski definition) is 8. The lowest BCUT2D eigenvalue weighted by molar-refractivity contribution is -0.147. The summed E-state index contributed by atoms with van der Waals surface area (Å²) in [5.74, 6) is -4.30. The highest BCUT2D eigenvalue weighted by Gasteiger charge is 2.51. The second-order valence-corrected chi connectivity index (χ2v) is 17.1. The number of nitrogens with one attached hydrogen (secondary N) is 6. The van der Waals surface area contributed by atoms with Crippen molar-refractivity contribution >= 4 is 41.5 Å². The molecule has 15 nitrogen and oxygen atoms in total. The first-order valence-electron chi connectivity index (χ1n) is 22.4. The van der Waals surface area contributed by atoms with Crippen LogP contribution in [-0.2, 0) is 35.2 Å². The highest BCUT2D eigenvalue weighted by Crippen LogP contribution is 2.39. The maximum Gasteiger partial charge on any atom is 0.305 e. The van der Waals surface area contributed by atoms with Gasteiger partial charge in [-0.25, -0.2) is 0 Å². The van der Waals surface area contributed by atoms with Crippen LogP contribution in [0.5, 0.6) is 0 Å². The summed E-state index contributed by atoms with van der Waals surface area (Å²) in [6.45, 7) is 0.394. The van der Waals surface area contributed by atoms with Gasteiger partial charge in [0.2, 0.25) is 29.5 Å². The average molecular weight is 863 g/mol. The molecule has 3 aliphatic rings. The van der Waals surface area contributed by atoms with Gasteiger partial charge < -0.3 is 42.3 Å². The summed E-state index contributed by atoms with van der Waals surface area (Å²) in [5.41, 5.74) is 8.66. The zero-order valence-corrected chi connectivity index (χ0v) is 35.8. The molecule has 3 aromatic rings. The Morgan fingerprint density at radius 3 is 1.98 bits per heavy atom. The van der Waals surface area contributed by atoms with E-state index in [1.165, 1.54) is 0 Å². The number of hydrogen-bond acceptors (Lipinski definition) is 7. The van der Waals surface area contributed by atoms with Gasteiger partial charge in [-0.1, -0.05) is 110 Å². The first-order chi connectivity index (χ1) is 30.5. The summed E-state index contributed by atoms with van der Waals surface area (Å²) in [4.78, 5) is 83.6. The Morgan fingerprint density at radius 1 is 0.730 bits per heavy atom. The van der Waals surface area contributed by atoms with Crippen LogP contribution in [0.1, 0.15) is 99.7 Å². The molecule has 3 fully saturated rings. The van der Waals surface area contributed by atoms with E-state index in [-0.39, 0.29) is 67.5 Å². The number of benzene rings is 3. The minimum atomic E-state index is -1.46. The standard InChI is InChI=1S/C48H62N8O7/c49-48(50)52-26-13-22-37(45(61)55-39(30-42(57)58)44(60)51-27-25-36(32-16-7-2-8-17-32)33-18-9-3-10-19-33)53-46(62)41-29-35(28-31-14-5-1-6-15-31)40-24-23-38(47(63)56(40)41)54-43(59)34-20-11-4-12-21-34/h1-3,5-10,14-19,34-41H,4,11-13,20-30H2,(H,51,60)(H,53,62)(H,54,59)(H,55,61)(H,57,58)(H4,49,50,52)/t35-,37+,38?,39?,40+,41?/m1/s1. The molecule has 0 bridgehead atoms. The van der Waals surface area contributed by atoms with Gasteiger partial charge in [-0.2, -0.15) is 0 Å². The first kappa shape index (κ1) is 46.3. The zero-order valence-electron chi connectivity index (χ0n) is 35.8. The molecule has 0 radical (unpaired) electrons. The molecule has 15 heteroatoms. The molecule has 5 amide bonds. The van der Waals surface area contributed by atoms with Gasteiger partial charge in [0.15, 0.2) is 5.96 Å². The van der Waals surface area contributed by atoms with E-state index in [2.05, 4.69) is 26.6 Å². The van der Waals surface area contributed by atoms with Crippen LogP contribution in [0.25, 0.3) is 0 Å². The second-order valence-electron chi connectivity index (χ2n) is 17.1. The third-order valence-corrected chi connectivity index (χ3v) is 12.8. The van der Waals surface area contributed by atoms with Crippen molar-refractivity contribution < 1.29 is 33.9 Å². The second kappa shape index (κ2) is 22.7. The summed E-state index contributed by atoms with van der Waals surface area (Å²) < 4.78 is 0. The predicted molar refractivity (Wildman–Crippen MR) is 238 cm³/mol. The minimum Gasteiger partial charge on any atom is -0.481 e. The van der Waals surface area contributed by atoms with Gasteiger partial charge in [-0.15, -0.1) is 0 Å². The monoisotopic (exact) mass is 862 g/mol. The van der Waals surface area contributed by atoms with E-state index < -0.39 is 54.3 Å². The molecule has 2 heterocycles. The number of rotatable bonds is 20. The molecular formula is C48H62N8O7. The molecule has 3 aromatic carbocycles. The van der Waals surface area contributed by atoms with Crippen molar-refractivity contribution in [2.75, 3.05) is 13.1 Å². The van der Waals surface area contributed by atoms with E-state index in [9.17, 15) is 33.9 Å². The van der Waals surface area contributed by atoms with Crippen LogP contribution in [0.15, 0.2) is 91.0 Å². The minimum absolute atomic E-state index is 0.0483. The summed E-state index contributed by atoms with van der Waals surface area (Å²) in [7, 11) is 0. The SMILES string of the molecule is N=C(N)NCCC[C@H](NC(=O)C1C[C@@H](Cc2ccccc2)[C@@H]2CCC(NC(=O)C3CCCCC3)C(=O)N12)C(=O)NC(CC(=O)O)C(=O)NCCC(c1ccccc1)c1ccccc1. The number of piperidine rings is 1. The highest BCUT2D eigenvalue weighted by molar-refractivity contribution is 5.97. The van der Waals surface area contributed by atoms with E-state index in [0.717, 1.165) is 48.8 Å². The number of carbonyl (C=O) groups is 6. The molecule has 63 heavy (non-hydrogen) atoms. The molecule has 1 aliphatic carbocycles. The molecule has 2 aliphatic heterocycles. The normalized spacial score (nSPS) is 20.8. The highest BCUT2D eigenvalue weighted by atomic mass is 16.4. The summed E-state index contributed by atoms with van der Waals surface area (Å²) in [5, 5.41) is 31.4. The lowest BCUT2D eigenvalue weighted by Crippen LogP contribution is -2.61. The Kier molecular flexibility index (Phi) is 16.7. The Bertz CT molecular complexity index is 1990. The fourth-order valence-electron chi connectivity index (χ4n) is 9.59. The Morgan fingerprint density at radius 2 is 1.37 bits per heavy atom. The van der Waals surface area contributed by atoms with Crippen LogP contribution in [0.2, 0.25) is 0 Å². The van der Waals surface area contributed by atoms with E-state index in [0.29, 0.717) is 32.1 Å². The maximum atomic E-state index is 14.5. The number of carboxylic acid groups (broad SMARTS) is 1. The van der Waals surface area contributed by atoms with Gasteiger partial charge in [0.1, 0.15) is 24.2 Å². The Labute approximate surface area is 369 Å². The maximum absolute atomic E-state index is 14.5. The van der Waals surface area contributed by atoms with Crippen molar-refractivity contribution in [2.24, 2.45) is 17.6 Å². The van der Waals surface area contributed by atoms with Crippen LogP contribution >= 0.6 is 0 Å². The van der Waals surface area contributed by atoms with Gasteiger partial charge in [-0.05, 0) is 80.4 Å². The van der Waals surface area contributed by atoms with Gasteiger partial charge >= 0.3 is 5.97 Å². The van der Waals surface area contributed by atoms with Gasteiger partial charge in [0.05, 0.1) is 6.42 Å². The van der Waals surface area contributed by atoms with Gasteiger partial charge in [0, 0.05) is 31.0 Å². The third-order valence-electron chi connectivity index (χ3n) is 12.8. The molecule has 6 atom stereocenters. The number of aliphatic carboxylic acids is 1. The third kappa shape index (κ3) is 12.9. The number of nitrogens with two attached hydrogens (primary N) is 1. The van der Waals surface area contributed by atoms with Crippen molar-refractivity contribution in [3.63, 3.8) is 0 Å². The molecule has 6 rings (SSSR count). The van der Waals surface area contributed by atoms with E-state index in [1.807, 2.05) is 91.0 Å². The largest absolute Gasteiger partial charge is 0.481 e. The smallest absolute Gasteiger partial charge is 0.305 e. The number of guanidine groups is 1. The predicted octanol–water partition coefficient (Wildman–Crippen LogP) is 3.72. The van der Waals surface area contributed by atoms with E-state index in [4.69, 9.17) is 11.1 Å². The van der Waals surface area contributed by atoms with Crippen molar-refractivity contribution in [3.8, 4) is 0 Å². The van der Waals surface area contributed by atoms with E-state index in [1.54, 1.807) is 4.90 Å². The number of carbonyl (C=O) groups excluding carboxylic acids is 5. The molecule has 2 saturated heterocycles. The van der Waals surface area contributed by atoms with Crippen LogP contribution in [-0.4, -0.2) is 94.8 Å². The van der Waals surface area contributed by atoms with Crippen LogP contribution < -0.4 is 32.3 Å². The fourth-order valence-corrected chi connectivity index (χ4v) is 9.59. The number of amides is 5. The lowest BCUT2D eigenvalue weighted by Gasteiger charge is -2.39. The Balaban J connectivity index is 1.17. The average Bonchev–Trinajstić information content (AvgIpc) is 3.66. The molecule has 3 unspecified atom stereocenters. The topological polar surface area (TPSA) is 236 Å². The van der Waals surface area contributed by atoms with Gasteiger partial charge in [-0.3, -0.25) is 34.2 Å². The van der Waals surface area contributed by atoms with Crippen molar-refractivity contribution in [3.05, 3.63) is 108 Å².